The van der Waals surface area contributed by atoms with Crippen LogP contribution in [0.25, 0.3) is 0 Å². The van der Waals surface area contributed by atoms with Crippen molar-refractivity contribution in [3.8, 4) is 11.5 Å². The lowest BCUT2D eigenvalue weighted by Gasteiger charge is -2.40. The van der Waals surface area contributed by atoms with E-state index in [1.165, 1.54) is 19.3 Å². The topological polar surface area (TPSA) is 50.7 Å². The third-order valence-electron chi connectivity index (χ3n) is 3.71. The van der Waals surface area contributed by atoms with Gasteiger partial charge in [0.15, 0.2) is 0 Å². The predicted octanol–water partition coefficient (Wildman–Crippen LogP) is 1.97. The van der Waals surface area contributed by atoms with Crippen LogP contribution in [0, 0.1) is 0 Å². The van der Waals surface area contributed by atoms with Gasteiger partial charge < -0.3 is 19.9 Å². The number of nitrogens with one attached hydrogen (secondary N) is 1. The van der Waals surface area contributed by atoms with Gasteiger partial charge in [0, 0.05) is 18.2 Å². The largest absolute Gasteiger partial charge is 0.497 e. The number of hydrogen-bond donors (Lipinski definition) is 2. The van der Waals surface area contributed by atoms with Crippen LogP contribution < -0.4 is 14.8 Å². The van der Waals surface area contributed by atoms with Crippen LogP contribution in [0.3, 0.4) is 0 Å². The second-order valence-corrected chi connectivity index (χ2v) is 5.44. The zero-order valence-electron chi connectivity index (χ0n) is 11.7. The van der Waals surface area contributed by atoms with Gasteiger partial charge in [-0.05, 0) is 38.3 Å². The summed E-state index contributed by atoms with van der Waals surface area (Å²) in [5, 5.41) is 13.3. The summed E-state index contributed by atoms with van der Waals surface area (Å²) in [5.41, 5.74) is 0.219. The maximum Gasteiger partial charge on any atom is 0.123 e. The van der Waals surface area contributed by atoms with E-state index in [9.17, 15) is 5.11 Å². The van der Waals surface area contributed by atoms with E-state index in [1.54, 1.807) is 7.11 Å². The lowest BCUT2D eigenvalue weighted by atomic mass is 9.78. The van der Waals surface area contributed by atoms with Crippen LogP contribution in [0.1, 0.15) is 26.2 Å². The molecule has 4 nitrogen and oxygen atoms in total. The molecule has 0 spiro atoms. The molecule has 106 valence electrons. The third kappa shape index (κ3) is 4.11. The second kappa shape index (κ2) is 6.26. The number of β-amino-alcohol motifs (C(OH)–C–C–N with tert-alkyl or cyclic N) is 1. The Kier molecular flexibility index (Phi) is 4.66. The molecule has 0 radical (unpaired) electrons. The molecule has 1 unspecified atom stereocenters. The highest BCUT2D eigenvalue weighted by molar-refractivity contribution is 5.32. The molecule has 1 saturated carbocycles. The fourth-order valence-electron chi connectivity index (χ4n) is 2.19. The SMILES string of the molecule is COc1cccc(OCC(O)CNC2(C)CCC2)c1. The van der Waals surface area contributed by atoms with Crippen molar-refractivity contribution in [2.45, 2.75) is 37.8 Å². The lowest BCUT2D eigenvalue weighted by molar-refractivity contribution is 0.0867. The van der Waals surface area contributed by atoms with Gasteiger partial charge in [0.25, 0.3) is 0 Å². The Labute approximate surface area is 114 Å². The zero-order valence-corrected chi connectivity index (χ0v) is 11.7. The molecule has 0 aliphatic heterocycles. The molecule has 2 N–H and O–H groups in total. The Bertz CT molecular complexity index is 404. The molecule has 0 bridgehead atoms. The summed E-state index contributed by atoms with van der Waals surface area (Å²) in [6.45, 7) is 3.06. The number of rotatable bonds is 7. The van der Waals surface area contributed by atoms with Crippen LogP contribution in [0.5, 0.6) is 11.5 Å². The van der Waals surface area contributed by atoms with Gasteiger partial charge in [0.05, 0.1) is 7.11 Å². The highest BCUT2D eigenvalue weighted by atomic mass is 16.5. The van der Waals surface area contributed by atoms with Crippen LogP contribution in [0.2, 0.25) is 0 Å². The van der Waals surface area contributed by atoms with E-state index in [0.29, 0.717) is 12.3 Å². The molecule has 1 aliphatic carbocycles. The van der Waals surface area contributed by atoms with Crippen molar-refractivity contribution in [1.82, 2.24) is 5.32 Å². The van der Waals surface area contributed by atoms with Gasteiger partial charge >= 0.3 is 0 Å². The molecular weight excluding hydrogens is 242 g/mol. The van der Waals surface area contributed by atoms with Crippen LogP contribution in [0.15, 0.2) is 24.3 Å². The summed E-state index contributed by atoms with van der Waals surface area (Å²) in [4.78, 5) is 0. The number of ether oxygens (including phenoxy) is 2. The van der Waals surface area contributed by atoms with Crippen molar-refractivity contribution in [3.05, 3.63) is 24.3 Å². The maximum absolute atomic E-state index is 9.90. The van der Waals surface area contributed by atoms with E-state index >= 15 is 0 Å². The minimum atomic E-state index is -0.497. The van der Waals surface area contributed by atoms with E-state index in [4.69, 9.17) is 9.47 Å². The summed E-state index contributed by atoms with van der Waals surface area (Å²) < 4.78 is 10.7. The van der Waals surface area contributed by atoms with E-state index in [2.05, 4.69) is 12.2 Å². The zero-order chi connectivity index (χ0) is 13.7. The number of aliphatic hydroxyl groups is 1. The second-order valence-electron chi connectivity index (χ2n) is 5.44. The van der Waals surface area contributed by atoms with Crippen LogP contribution in [-0.4, -0.2) is 37.0 Å². The minimum Gasteiger partial charge on any atom is -0.497 e. The molecule has 1 aromatic carbocycles. The van der Waals surface area contributed by atoms with Crippen LogP contribution in [-0.2, 0) is 0 Å². The molecule has 4 heteroatoms. The van der Waals surface area contributed by atoms with Gasteiger partial charge in [-0.1, -0.05) is 6.07 Å². The first kappa shape index (κ1) is 14.2. The fraction of sp³-hybridized carbons (Fsp3) is 0.600. The van der Waals surface area contributed by atoms with Crippen LogP contribution >= 0.6 is 0 Å². The molecule has 19 heavy (non-hydrogen) atoms. The van der Waals surface area contributed by atoms with Gasteiger partial charge in [-0.3, -0.25) is 0 Å². The average Bonchev–Trinajstić information content (AvgIpc) is 2.41. The van der Waals surface area contributed by atoms with Gasteiger partial charge in [0.2, 0.25) is 0 Å². The lowest BCUT2D eigenvalue weighted by Crippen LogP contribution is -2.51. The number of benzene rings is 1. The van der Waals surface area contributed by atoms with E-state index in [0.717, 1.165) is 5.75 Å². The molecule has 1 atom stereocenters. The maximum atomic E-state index is 9.90. The van der Waals surface area contributed by atoms with Crippen molar-refractivity contribution < 1.29 is 14.6 Å². The summed E-state index contributed by atoms with van der Waals surface area (Å²) in [6.07, 6.45) is 3.16. The smallest absolute Gasteiger partial charge is 0.123 e. The number of aliphatic hydroxyl groups excluding tert-OH is 1. The Hall–Kier alpha value is -1.26. The van der Waals surface area contributed by atoms with Crippen molar-refractivity contribution in [1.29, 1.82) is 0 Å². The van der Waals surface area contributed by atoms with Crippen molar-refractivity contribution in [3.63, 3.8) is 0 Å². The van der Waals surface area contributed by atoms with Crippen molar-refractivity contribution in [2.24, 2.45) is 0 Å². The first-order valence-electron chi connectivity index (χ1n) is 6.81. The predicted molar refractivity (Wildman–Crippen MR) is 74.8 cm³/mol. The average molecular weight is 265 g/mol. The first-order chi connectivity index (χ1) is 9.11. The normalized spacial score (nSPS) is 18.5. The van der Waals surface area contributed by atoms with Crippen molar-refractivity contribution >= 4 is 0 Å². The summed E-state index contributed by atoms with van der Waals surface area (Å²) >= 11 is 0. The third-order valence-corrected chi connectivity index (χ3v) is 3.71. The fourth-order valence-corrected chi connectivity index (χ4v) is 2.19. The first-order valence-corrected chi connectivity index (χ1v) is 6.81. The Morgan fingerprint density at radius 1 is 1.37 bits per heavy atom. The Morgan fingerprint density at radius 3 is 2.74 bits per heavy atom. The molecule has 1 fully saturated rings. The van der Waals surface area contributed by atoms with Gasteiger partial charge in [-0.25, -0.2) is 0 Å². The molecule has 2 rings (SSSR count). The molecule has 0 aromatic heterocycles. The van der Waals surface area contributed by atoms with E-state index in [1.807, 2.05) is 24.3 Å². The summed E-state index contributed by atoms with van der Waals surface area (Å²) in [7, 11) is 1.62. The number of hydrogen-bond acceptors (Lipinski definition) is 4. The molecule has 0 heterocycles. The standard InChI is InChI=1S/C15H23NO3/c1-15(7-4-8-15)16-10-12(17)11-19-14-6-3-5-13(9-14)18-2/h3,5-6,9,12,16-17H,4,7-8,10-11H2,1-2H3. The minimum absolute atomic E-state index is 0.219. The molecular formula is C15H23NO3. The van der Waals surface area contributed by atoms with Crippen LogP contribution in [0.4, 0.5) is 0 Å². The molecule has 1 aliphatic rings. The van der Waals surface area contributed by atoms with Gasteiger partial charge in [0.1, 0.15) is 24.2 Å². The van der Waals surface area contributed by atoms with Gasteiger partial charge in [-0.15, -0.1) is 0 Å². The highest BCUT2D eigenvalue weighted by Gasteiger charge is 2.31. The molecule has 1 aromatic rings. The summed E-state index contributed by atoms with van der Waals surface area (Å²) in [5.74, 6) is 1.47. The van der Waals surface area contributed by atoms with Crippen molar-refractivity contribution in [2.75, 3.05) is 20.3 Å². The van der Waals surface area contributed by atoms with E-state index in [-0.39, 0.29) is 12.1 Å². The molecule has 0 amide bonds. The number of methoxy groups -OCH3 is 1. The Balaban J connectivity index is 1.71. The highest BCUT2D eigenvalue weighted by Crippen LogP contribution is 2.30. The molecule has 0 saturated heterocycles. The monoisotopic (exact) mass is 265 g/mol. The Morgan fingerprint density at radius 2 is 2.11 bits per heavy atom. The van der Waals surface area contributed by atoms with E-state index < -0.39 is 6.10 Å². The summed E-state index contributed by atoms with van der Waals surface area (Å²) in [6, 6.07) is 7.40. The quantitative estimate of drug-likeness (QED) is 0.791. The van der Waals surface area contributed by atoms with Gasteiger partial charge in [-0.2, -0.15) is 0 Å².